The molecule has 0 aromatic carbocycles. The minimum absolute atomic E-state index is 0.808. The minimum Gasteiger partial charge on any atom is -0.380 e. The van der Waals surface area contributed by atoms with Gasteiger partial charge in [0.2, 0.25) is 0 Å². The monoisotopic (exact) mass is 149 g/mol. The molecular formula is C6H15NOS. The lowest BCUT2D eigenvalue weighted by Gasteiger charge is -2.01. The third-order valence-corrected chi connectivity index (χ3v) is 1.14. The molecule has 0 atom stereocenters. The highest BCUT2D eigenvalue weighted by Crippen LogP contribution is 1.71. The molecule has 1 N–H and O–H groups in total. The van der Waals surface area contributed by atoms with Gasteiger partial charge in [-0.25, -0.2) is 0 Å². The van der Waals surface area contributed by atoms with E-state index in [-0.39, 0.29) is 0 Å². The number of thiol groups is 1. The Bertz CT molecular complexity index is 46.3. The second-order valence-electron chi connectivity index (χ2n) is 1.67. The maximum absolute atomic E-state index is 5.09. The summed E-state index contributed by atoms with van der Waals surface area (Å²) in [6.07, 6.45) is 0. The van der Waals surface area contributed by atoms with E-state index in [4.69, 9.17) is 4.74 Å². The quantitative estimate of drug-likeness (QED) is 0.425. The highest BCUT2D eigenvalue weighted by Gasteiger charge is 1.83. The van der Waals surface area contributed by atoms with Crippen LogP contribution in [0, 0.1) is 0 Å². The molecule has 0 aliphatic carbocycles. The van der Waals surface area contributed by atoms with Gasteiger partial charge in [0.25, 0.3) is 0 Å². The normalized spacial score (nSPS) is 10.0. The van der Waals surface area contributed by atoms with E-state index in [1.165, 1.54) is 0 Å². The van der Waals surface area contributed by atoms with Crippen molar-refractivity contribution >= 4 is 12.6 Å². The Kier molecular flexibility index (Phi) is 8.52. The maximum Gasteiger partial charge on any atom is 0.0590 e. The second-order valence-corrected chi connectivity index (χ2v) is 2.12. The lowest BCUT2D eigenvalue weighted by Crippen LogP contribution is -2.21. The lowest BCUT2D eigenvalue weighted by atomic mass is 10.6. The van der Waals surface area contributed by atoms with E-state index in [9.17, 15) is 0 Å². The molecule has 0 aromatic rings. The van der Waals surface area contributed by atoms with Crippen LogP contribution in [0.5, 0.6) is 0 Å². The van der Waals surface area contributed by atoms with Crippen molar-refractivity contribution in [3.8, 4) is 0 Å². The van der Waals surface area contributed by atoms with Crippen LogP contribution in [-0.2, 0) is 4.74 Å². The molecular weight excluding hydrogens is 134 g/mol. The van der Waals surface area contributed by atoms with Crippen LogP contribution in [0.4, 0.5) is 0 Å². The van der Waals surface area contributed by atoms with Gasteiger partial charge >= 0.3 is 0 Å². The Labute approximate surface area is 62.4 Å². The second kappa shape index (κ2) is 8.27. The van der Waals surface area contributed by atoms with Crippen LogP contribution < -0.4 is 5.32 Å². The van der Waals surface area contributed by atoms with Gasteiger partial charge in [-0.05, 0) is 6.92 Å². The van der Waals surface area contributed by atoms with Crippen LogP contribution >= 0.6 is 12.6 Å². The summed E-state index contributed by atoms with van der Waals surface area (Å²) in [4.78, 5) is 0. The average molecular weight is 149 g/mol. The average Bonchev–Trinajstić information content (AvgIpc) is 1.89. The van der Waals surface area contributed by atoms with Crippen molar-refractivity contribution in [3.63, 3.8) is 0 Å². The van der Waals surface area contributed by atoms with E-state index in [2.05, 4.69) is 17.9 Å². The van der Waals surface area contributed by atoms with Crippen molar-refractivity contribution in [3.05, 3.63) is 0 Å². The minimum atomic E-state index is 0.808. The van der Waals surface area contributed by atoms with Gasteiger partial charge in [-0.15, -0.1) is 0 Å². The lowest BCUT2D eigenvalue weighted by molar-refractivity contribution is 0.150. The van der Waals surface area contributed by atoms with Crippen molar-refractivity contribution < 1.29 is 4.74 Å². The van der Waals surface area contributed by atoms with Crippen LogP contribution in [0.25, 0.3) is 0 Å². The zero-order valence-electron chi connectivity index (χ0n) is 5.89. The molecule has 0 radical (unpaired) electrons. The van der Waals surface area contributed by atoms with Gasteiger partial charge in [-0.2, -0.15) is 12.6 Å². The molecule has 0 aromatic heterocycles. The van der Waals surface area contributed by atoms with E-state index >= 15 is 0 Å². The predicted octanol–water partition coefficient (Wildman–Crippen LogP) is 0.542. The van der Waals surface area contributed by atoms with E-state index < -0.39 is 0 Å². The van der Waals surface area contributed by atoms with Gasteiger partial charge in [0.05, 0.1) is 6.61 Å². The zero-order chi connectivity index (χ0) is 6.95. The van der Waals surface area contributed by atoms with Gasteiger partial charge in [0.15, 0.2) is 0 Å². The number of rotatable bonds is 6. The van der Waals surface area contributed by atoms with Crippen molar-refractivity contribution in [1.29, 1.82) is 0 Å². The highest BCUT2D eigenvalue weighted by atomic mass is 32.1. The first-order valence-electron chi connectivity index (χ1n) is 3.31. The molecule has 0 saturated carbocycles. The van der Waals surface area contributed by atoms with Gasteiger partial charge < -0.3 is 10.1 Å². The van der Waals surface area contributed by atoms with Crippen molar-refractivity contribution in [2.45, 2.75) is 6.92 Å². The third kappa shape index (κ3) is 8.27. The summed E-state index contributed by atoms with van der Waals surface area (Å²) in [6, 6.07) is 0. The summed E-state index contributed by atoms with van der Waals surface area (Å²) < 4.78 is 5.09. The van der Waals surface area contributed by atoms with Gasteiger partial charge in [-0.3, -0.25) is 0 Å². The Morgan fingerprint density at radius 3 is 2.78 bits per heavy atom. The first kappa shape index (κ1) is 9.27. The molecule has 0 heterocycles. The molecule has 2 nitrogen and oxygen atoms in total. The zero-order valence-corrected chi connectivity index (χ0v) is 6.79. The summed E-state index contributed by atoms with van der Waals surface area (Å²) in [5, 5.41) is 3.17. The van der Waals surface area contributed by atoms with Crippen molar-refractivity contribution in [1.82, 2.24) is 5.32 Å². The van der Waals surface area contributed by atoms with Crippen LogP contribution in [0.2, 0.25) is 0 Å². The molecule has 0 unspecified atom stereocenters. The molecule has 3 heteroatoms. The van der Waals surface area contributed by atoms with Crippen molar-refractivity contribution in [2.75, 3.05) is 32.1 Å². The SMILES string of the molecule is CCOCCNCCS. The fourth-order valence-electron chi connectivity index (χ4n) is 0.493. The maximum atomic E-state index is 5.09. The summed E-state index contributed by atoms with van der Waals surface area (Å²) in [7, 11) is 0. The summed E-state index contributed by atoms with van der Waals surface area (Å²) in [5.41, 5.74) is 0. The van der Waals surface area contributed by atoms with Gasteiger partial charge in [0.1, 0.15) is 0 Å². The van der Waals surface area contributed by atoms with Crippen LogP contribution in [0.3, 0.4) is 0 Å². The fourth-order valence-corrected chi connectivity index (χ4v) is 0.651. The van der Waals surface area contributed by atoms with E-state index in [1.54, 1.807) is 0 Å². The highest BCUT2D eigenvalue weighted by molar-refractivity contribution is 7.80. The van der Waals surface area contributed by atoms with Gasteiger partial charge in [0, 0.05) is 25.4 Å². The molecule has 0 bridgehead atoms. The number of nitrogens with one attached hydrogen (secondary N) is 1. The van der Waals surface area contributed by atoms with E-state index in [1.807, 2.05) is 6.92 Å². The number of hydrogen-bond donors (Lipinski definition) is 2. The first-order chi connectivity index (χ1) is 4.41. The Balaban J connectivity index is 2.60. The Morgan fingerprint density at radius 1 is 1.44 bits per heavy atom. The number of ether oxygens (including phenoxy) is 1. The van der Waals surface area contributed by atoms with Crippen LogP contribution in [0.1, 0.15) is 6.92 Å². The molecule has 0 spiro atoms. The summed E-state index contributed by atoms with van der Waals surface area (Å²) in [6.45, 7) is 5.52. The largest absolute Gasteiger partial charge is 0.380 e. The summed E-state index contributed by atoms with van der Waals surface area (Å²) >= 11 is 4.04. The standard InChI is InChI=1S/C6H15NOS/c1-2-8-5-3-7-4-6-9/h7,9H,2-6H2,1H3. The molecule has 0 rings (SSSR count). The molecule has 0 aliphatic heterocycles. The molecule has 56 valence electrons. The smallest absolute Gasteiger partial charge is 0.0590 e. The molecule has 0 fully saturated rings. The molecule has 0 saturated heterocycles. The van der Waals surface area contributed by atoms with Crippen molar-refractivity contribution in [2.24, 2.45) is 0 Å². The molecule has 0 amide bonds. The number of hydrogen-bond acceptors (Lipinski definition) is 3. The van der Waals surface area contributed by atoms with Crippen LogP contribution in [-0.4, -0.2) is 32.1 Å². The van der Waals surface area contributed by atoms with Crippen LogP contribution in [0.15, 0.2) is 0 Å². The topological polar surface area (TPSA) is 21.3 Å². The molecule has 9 heavy (non-hydrogen) atoms. The van der Waals surface area contributed by atoms with Gasteiger partial charge in [-0.1, -0.05) is 0 Å². The predicted molar refractivity (Wildman–Crippen MR) is 43.2 cm³/mol. The molecule has 0 aliphatic rings. The van der Waals surface area contributed by atoms with E-state index in [0.29, 0.717) is 0 Å². The summed E-state index contributed by atoms with van der Waals surface area (Å²) in [5.74, 6) is 0.895. The Morgan fingerprint density at radius 2 is 2.22 bits per heavy atom. The third-order valence-electron chi connectivity index (χ3n) is 0.916. The Hall–Kier alpha value is 0.270. The van der Waals surface area contributed by atoms with E-state index in [0.717, 1.165) is 32.1 Å². The fraction of sp³-hybridized carbons (Fsp3) is 1.00. The first-order valence-corrected chi connectivity index (χ1v) is 3.94.